The Labute approximate surface area is 204 Å². The van der Waals surface area contributed by atoms with Gasteiger partial charge in [0.15, 0.2) is 0 Å². The average Bonchev–Trinajstić information content (AvgIpc) is 3.38. The van der Waals surface area contributed by atoms with Gasteiger partial charge in [-0.25, -0.2) is 4.98 Å². The minimum atomic E-state index is 0.0282. The predicted octanol–water partition coefficient (Wildman–Crippen LogP) is 6.21. The number of para-hydroxylation sites is 2. The highest BCUT2D eigenvalue weighted by molar-refractivity contribution is 6.32. The number of halogens is 1. The molecule has 0 aliphatic carbocycles. The van der Waals surface area contributed by atoms with Crippen LogP contribution in [0.15, 0.2) is 60.7 Å². The van der Waals surface area contributed by atoms with Gasteiger partial charge < -0.3 is 14.2 Å². The number of rotatable bonds is 6. The number of aromatic nitrogens is 2. The molecule has 1 aliphatic rings. The highest BCUT2D eigenvalue weighted by Crippen LogP contribution is 2.33. The number of ether oxygens (including phenoxy) is 1. The molecule has 0 spiro atoms. The summed E-state index contributed by atoms with van der Waals surface area (Å²) in [6, 6.07) is 20.2. The number of aryl methyl sites for hydroxylation is 3. The van der Waals surface area contributed by atoms with Crippen LogP contribution in [0.25, 0.3) is 11.0 Å². The topological polar surface area (TPSA) is 47.4 Å². The summed E-state index contributed by atoms with van der Waals surface area (Å²) in [5, 5.41) is 0.777. The summed E-state index contributed by atoms with van der Waals surface area (Å²) >= 11 is 6.30. The Hall–Kier alpha value is -3.31. The lowest BCUT2D eigenvalue weighted by Gasteiger charge is -2.18. The van der Waals surface area contributed by atoms with Crippen LogP contribution in [0.3, 0.4) is 0 Å². The van der Waals surface area contributed by atoms with E-state index < -0.39 is 0 Å². The third kappa shape index (κ3) is 4.28. The van der Waals surface area contributed by atoms with Gasteiger partial charge in [0.05, 0.1) is 17.6 Å². The number of carbonyl (C=O) groups is 1. The lowest BCUT2D eigenvalue weighted by atomic mass is 10.1. The number of fused-ring (bicyclic) bond motifs is 1. The molecule has 34 heavy (non-hydrogen) atoms. The van der Waals surface area contributed by atoms with Crippen LogP contribution in [-0.4, -0.2) is 28.6 Å². The lowest BCUT2D eigenvalue weighted by molar-refractivity contribution is -0.117. The molecule has 3 aromatic carbocycles. The van der Waals surface area contributed by atoms with Crippen molar-refractivity contribution in [1.29, 1.82) is 0 Å². The summed E-state index contributed by atoms with van der Waals surface area (Å²) in [6.45, 7) is 7.79. The van der Waals surface area contributed by atoms with E-state index in [1.807, 2.05) is 74.2 Å². The first-order chi connectivity index (χ1) is 16.4. The average molecular weight is 474 g/mol. The standard InChI is InChI=1S/C28H28ClN3O2/c1-18-7-6-8-22(13-18)32-17-21(16-26(32)33)28-30-24-9-4-5-10-25(24)31(28)11-12-34-23-14-19(2)27(29)20(3)15-23/h4-10,13-15,21H,11-12,16-17H2,1-3H3. The van der Waals surface area contributed by atoms with E-state index in [9.17, 15) is 4.79 Å². The van der Waals surface area contributed by atoms with E-state index >= 15 is 0 Å². The number of nitrogens with zero attached hydrogens (tertiary/aromatic N) is 3. The van der Waals surface area contributed by atoms with Crippen molar-refractivity contribution in [3.63, 3.8) is 0 Å². The lowest BCUT2D eigenvalue weighted by Crippen LogP contribution is -2.24. The van der Waals surface area contributed by atoms with Gasteiger partial charge in [-0.2, -0.15) is 0 Å². The minimum Gasteiger partial charge on any atom is -0.492 e. The van der Waals surface area contributed by atoms with E-state index in [1.165, 1.54) is 0 Å². The van der Waals surface area contributed by atoms with Crippen molar-refractivity contribution in [3.8, 4) is 5.75 Å². The Morgan fingerprint density at radius 3 is 2.56 bits per heavy atom. The largest absolute Gasteiger partial charge is 0.492 e. The first-order valence-electron chi connectivity index (χ1n) is 11.6. The highest BCUT2D eigenvalue weighted by atomic mass is 35.5. The minimum absolute atomic E-state index is 0.0282. The zero-order valence-corrected chi connectivity index (χ0v) is 20.5. The van der Waals surface area contributed by atoms with E-state index in [0.29, 0.717) is 26.1 Å². The van der Waals surface area contributed by atoms with Gasteiger partial charge in [0.2, 0.25) is 5.91 Å². The van der Waals surface area contributed by atoms with Gasteiger partial charge in [0.25, 0.3) is 0 Å². The van der Waals surface area contributed by atoms with Crippen LogP contribution in [0.2, 0.25) is 5.02 Å². The Bertz CT molecular complexity index is 1350. The second-order valence-electron chi connectivity index (χ2n) is 9.07. The number of benzene rings is 3. The Morgan fingerprint density at radius 2 is 1.79 bits per heavy atom. The van der Waals surface area contributed by atoms with Crippen LogP contribution >= 0.6 is 11.6 Å². The molecule has 5 rings (SSSR count). The first kappa shape index (κ1) is 22.5. The van der Waals surface area contributed by atoms with Crippen LogP contribution in [0, 0.1) is 20.8 Å². The summed E-state index contributed by atoms with van der Waals surface area (Å²) in [5.74, 6) is 1.92. The molecule has 0 N–H and O–H groups in total. The van der Waals surface area contributed by atoms with Gasteiger partial charge in [0.1, 0.15) is 18.2 Å². The van der Waals surface area contributed by atoms with Crippen LogP contribution in [-0.2, 0) is 11.3 Å². The maximum Gasteiger partial charge on any atom is 0.227 e. The van der Waals surface area contributed by atoms with Gasteiger partial charge in [-0.05, 0) is 73.9 Å². The molecule has 0 saturated carbocycles. The third-order valence-corrected chi connectivity index (χ3v) is 7.08. The second kappa shape index (κ2) is 9.15. The van der Waals surface area contributed by atoms with Crippen molar-refractivity contribution in [3.05, 3.63) is 88.2 Å². The van der Waals surface area contributed by atoms with Crippen molar-refractivity contribution >= 4 is 34.2 Å². The molecule has 0 radical (unpaired) electrons. The number of anilines is 1. The maximum atomic E-state index is 12.9. The van der Waals surface area contributed by atoms with E-state index in [2.05, 4.69) is 16.7 Å². The van der Waals surface area contributed by atoms with Gasteiger partial charge in [-0.3, -0.25) is 4.79 Å². The normalized spacial score (nSPS) is 15.9. The summed E-state index contributed by atoms with van der Waals surface area (Å²) < 4.78 is 8.31. The van der Waals surface area contributed by atoms with Gasteiger partial charge in [-0.1, -0.05) is 35.9 Å². The Balaban J connectivity index is 1.40. The van der Waals surface area contributed by atoms with E-state index in [4.69, 9.17) is 21.3 Å². The fourth-order valence-corrected chi connectivity index (χ4v) is 4.92. The predicted molar refractivity (Wildman–Crippen MR) is 137 cm³/mol. The SMILES string of the molecule is Cc1cccc(N2CC(c3nc4ccccc4n3CCOc3cc(C)c(Cl)c(C)c3)CC2=O)c1. The van der Waals surface area contributed by atoms with Crippen LogP contribution in [0.5, 0.6) is 5.75 Å². The monoisotopic (exact) mass is 473 g/mol. The van der Waals surface area contributed by atoms with Crippen molar-refractivity contribution in [2.24, 2.45) is 0 Å². The van der Waals surface area contributed by atoms with E-state index in [1.54, 1.807) is 0 Å². The zero-order chi connectivity index (χ0) is 23.8. The smallest absolute Gasteiger partial charge is 0.227 e. The summed E-state index contributed by atoms with van der Waals surface area (Å²) in [6.07, 6.45) is 0.452. The molecule has 1 atom stereocenters. The molecule has 2 heterocycles. The first-order valence-corrected chi connectivity index (χ1v) is 12.0. The number of imidazole rings is 1. The van der Waals surface area contributed by atoms with E-state index in [0.717, 1.165) is 50.0 Å². The van der Waals surface area contributed by atoms with Crippen LogP contribution in [0.1, 0.15) is 34.9 Å². The molecule has 1 aromatic heterocycles. The van der Waals surface area contributed by atoms with Crippen LogP contribution < -0.4 is 9.64 Å². The molecular weight excluding hydrogens is 446 g/mol. The number of hydrogen-bond acceptors (Lipinski definition) is 3. The molecule has 4 aromatic rings. The molecule has 6 heteroatoms. The summed E-state index contributed by atoms with van der Waals surface area (Å²) in [4.78, 5) is 19.8. The quantitative estimate of drug-likeness (QED) is 0.334. The number of carbonyl (C=O) groups excluding carboxylic acids is 1. The van der Waals surface area contributed by atoms with Gasteiger partial charge >= 0.3 is 0 Å². The Morgan fingerprint density at radius 1 is 1.03 bits per heavy atom. The summed E-state index contributed by atoms with van der Waals surface area (Å²) in [5.41, 5.74) is 6.11. The van der Waals surface area contributed by atoms with Crippen LogP contribution in [0.4, 0.5) is 5.69 Å². The zero-order valence-electron chi connectivity index (χ0n) is 19.7. The van der Waals surface area contributed by atoms with Gasteiger partial charge in [0, 0.05) is 29.6 Å². The Kier molecular flexibility index (Phi) is 6.05. The second-order valence-corrected chi connectivity index (χ2v) is 9.45. The van der Waals surface area contributed by atoms with Crippen molar-refractivity contribution in [2.45, 2.75) is 39.7 Å². The molecule has 0 bridgehead atoms. The van der Waals surface area contributed by atoms with Crippen molar-refractivity contribution in [2.75, 3.05) is 18.1 Å². The maximum absolute atomic E-state index is 12.9. The highest BCUT2D eigenvalue weighted by Gasteiger charge is 2.34. The molecule has 1 aliphatic heterocycles. The van der Waals surface area contributed by atoms with Gasteiger partial charge in [-0.15, -0.1) is 0 Å². The third-order valence-electron chi connectivity index (χ3n) is 6.48. The summed E-state index contributed by atoms with van der Waals surface area (Å²) in [7, 11) is 0. The number of hydrogen-bond donors (Lipinski definition) is 0. The number of amides is 1. The molecule has 5 nitrogen and oxygen atoms in total. The van der Waals surface area contributed by atoms with E-state index in [-0.39, 0.29) is 11.8 Å². The van der Waals surface area contributed by atoms with Crippen molar-refractivity contribution < 1.29 is 9.53 Å². The fraction of sp³-hybridized carbons (Fsp3) is 0.286. The molecule has 1 unspecified atom stereocenters. The molecule has 1 saturated heterocycles. The molecule has 1 fully saturated rings. The van der Waals surface area contributed by atoms with Crippen molar-refractivity contribution in [1.82, 2.24) is 9.55 Å². The molecule has 174 valence electrons. The molecule has 1 amide bonds. The fourth-order valence-electron chi connectivity index (χ4n) is 4.81. The molecular formula is C28H28ClN3O2.